The van der Waals surface area contributed by atoms with Crippen molar-refractivity contribution < 1.29 is 4.42 Å². The predicted molar refractivity (Wildman–Crippen MR) is 174 cm³/mol. The van der Waals surface area contributed by atoms with Gasteiger partial charge >= 0.3 is 0 Å². The topological polar surface area (TPSA) is 18.1 Å². The Labute approximate surface area is 241 Å². The molecule has 0 aliphatic heterocycles. The molecular formula is C36H20BrNOS. The van der Waals surface area contributed by atoms with Gasteiger partial charge in [-0.3, -0.25) is 0 Å². The molecule has 188 valence electrons. The highest BCUT2D eigenvalue weighted by Crippen LogP contribution is 2.46. The molecule has 6 aromatic carbocycles. The zero-order valence-electron chi connectivity index (χ0n) is 21.2. The number of nitrogens with zero attached hydrogens (tertiary/aromatic N) is 1. The lowest BCUT2D eigenvalue weighted by atomic mass is 9.98. The maximum Gasteiger partial charge on any atom is 0.145 e. The lowest BCUT2D eigenvalue weighted by molar-refractivity contribution is 0.670. The summed E-state index contributed by atoms with van der Waals surface area (Å²) in [6.45, 7) is 0. The van der Waals surface area contributed by atoms with Gasteiger partial charge in [0.15, 0.2) is 0 Å². The van der Waals surface area contributed by atoms with Crippen molar-refractivity contribution in [3.05, 3.63) is 126 Å². The van der Waals surface area contributed by atoms with E-state index in [4.69, 9.17) is 4.42 Å². The first-order chi connectivity index (χ1) is 19.7. The van der Waals surface area contributed by atoms with Crippen molar-refractivity contribution in [2.45, 2.75) is 0 Å². The number of para-hydroxylation sites is 2. The van der Waals surface area contributed by atoms with E-state index in [-0.39, 0.29) is 0 Å². The Morgan fingerprint density at radius 1 is 0.600 bits per heavy atom. The van der Waals surface area contributed by atoms with Gasteiger partial charge < -0.3 is 8.98 Å². The van der Waals surface area contributed by atoms with Crippen LogP contribution < -0.4 is 0 Å². The fraction of sp³-hybridized carbons (Fsp3) is 0. The van der Waals surface area contributed by atoms with Crippen LogP contribution in [0.4, 0.5) is 0 Å². The first kappa shape index (κ1) is 22.4. The Morgan fingerprint density at radius 3 is 2.20 bits per heavy atom. The zero-order valence-corrected chi connectivity index (χ0v) is 23.6. The molecule has 0 aliphatic rings. The van der Waals surface area contributed by atoms with E-state index in [1.807, 2.05) is 17.4 Å². The van der Waals surface area contributed by atoms with Gasteiger partial charge in [0, 0.05) is 52.1 Å². The fourth-order valence-corrected chi connectivity index (χ4v) is 7.71. The lowest BCUT2D eigenvalue weighted by Crippen LogP contribution is -1.94. The highest BCUT2D eigenvalue weighted by atomic mass is 79.9. The van der Waals surface area contributed by atoms with Crippen molar-refractivity contribution in [1.29, 1.82) is 0 Å². The third-order valence-corrected chi connectivity index (χ3v) is 9.72. The van der Waals surface area contributed by atoms with Gasteiger partial charge in [0.1, 0.15) is 11.2 Å². The molecule has 0 fully saturated rings. The van der Waals surface area contributed by atoms with Crippen molar-refractivity contribution in [2.24, 2.45) is 0 Å². The molecule has 3 aromatic heterocycles. The van der Waals surface area contributed by atoms with Gasteiger partial charge in [0.25, 0.3) is 0 Å². The van der Waals surface area contributed by atoms with E-state index in [2.05, 4.69) is 136 Å². The Balaban J connectivity index is 1.47. The smallest absolute Gasteiger partial charge is 0.145 e. The molecule has 0 saturated heterocycles. The SMILES string of the molecule is Brc1ccc(-c2cc3c4ccccc4n(-c4ccc5c(c4)sc4ccccc45)c3c3c2oc2ccccc23)cc1. The Kier molecular flexibility index (Phi) is 4.66. The monoisotopic (exact) mass is 593 g/mol. The van der Waals surface area contributed by atoms with E-state index in [0.29, 0.717) is 0 Å². The number of benzene rings is 6. The van der Waals surface area contributed by atoms with Gasteiger partial charge in [0.2, 0.25) is 0 Å². The summed E-state index contributed by atoms with van der Waals surface area (Å²) in [7, 11) is 0. The summed E-state index contributed by atoms with van der Waals surface area (Å²) in [5.41, 5.74) is 7.60. The van der Waals surface area contributed by atoms with Crippen LogP contribution in [0.3, 0.4) is 0 Å². The van der Waals surface area contributed by atoms with Crippen LogP contribution in [0.25, 0.3) is 80.7 Å². The highest BCUT2D eigenvalue weighted by Gasteiger charge is 2.22. The highest BCUT2D eigenvalue weighted by molar-refractivity contribution is 9.10. The first-order valence-electron chi connectivity index (χ1n) is 13.3. The molecule has 0 N–H and O–H groups in total. The van der Waals surface area contributed by atoms with Crippen LogP contribution in [-0.2, 0) is 0 Å². The summed E-state index contributed by atoms with van der Waals surface area (Å²) in [4.78, 5) is 0. The van der Waals surface area contributed by atoms with Gasteiger partial charge in [-0.05, 0) is 54.1 Å². The van der Waals surface area contributed by atoms with Crippen molar-refractivity contribution in [3.8, 4) is 16.8 Å². The Bertz CT molecular complexity index is 2440. The number of hydrogen-bond acceptors (Lipinski definition) is 2. The normalized spacial score (nSPS) is 12.1. The molecule has 2 nitrogen and oxygen atoms in total. The average molecular weight is 595 g/mol. The van der Waals surface area contributed by atoms with Crippen molar-refractivity contribution >= 4 is 91.2 Å². The Hall–Kier alpha value is -4.38. The summed E-state index contributed by atoms with van der Waals surface area (Å²) >= 11 is 5.46. The third-order valence-electron chi connectivity index (χ3n) is 8.06. The van der Waals surface area contributed by atoms with Gasteiger partial charge in [-0.25, -0.2) is 0 Å². The molecule has 0 amide bonds. The van der Waals surface area contributed by atoms with Gasteiger partial charge in [-0.1, -0.05) is 88.7 Å². The largest absolute Gasteiger partial charge is 0.455 e. The summed E-state index contributed by atoms with van der Waals surface area (Å²) in [5, 5.41) is 7.37. The molecule has 0 aliphatic carbocycles. The van der Waals surface area contributed by atoms with Gasteiger partial charge in [-0.15, -0.1) is 11.3 Å². The second-order valence-corrected chi connectivity index (χ2v) is 12.3. The minimum absolute atomic E-state index is 0.903. The summed E-state index contributed by atoms with van der Waals surface area (Å²) in [5.74, 6) is 0. The minimum Gasteiger partial charge on any atom is -0.455 e. The van der Waals surface area contributed by atoms with Crippen LogP contribution in [0.1, 0.15) is 0 Å². The number of hydrogen-bond donors (Lipinski definition) is 0. The number of thiophene rings is 1. The number of furan rings is 1. The van der Waals surface area contributed by atoms with Crippen LogP contribution in [-0.4, -0.2) is 4.57 Å². The summed E-state index contributed by atoms with van der Waals surface area (Å²) in [6, 6.07) is 43.6. The average Bonchev–Trinajstić information content (AvgIpc) is 3.66. The molecule has 0 saturated carbocycles. The van der Waals surface area contributed by atoms with Crippen molar-refractivity contribution in [1.82, 2.24) is 4.57 Å². The molecule has 40 heavy (non-hydrogen) atoms. The van der Waals surface area contributed by atoms with Crippen molar-refractivity contribution in [2.75, 3.05) is 0 Å². The maximum atomic E-state index is 6.65. The molecule has 0 spiro atoms. The number of fused-ring (bicyclic) bond motifs is 10. The van der Waals surface area contributed by atoms with E-state index in [1.165, 1.54) is 42.0 Å². The molecule has 9 rings (SSSR count). The fourth-order valence-electron chi connectivity index (χ4n) is 6.30. The first-order valence-corrected chi connectivity index (χ1v) is 14.9. The van der Waals surface area contributed by atoms with Gasteiger partial charge in [0.05, 0.1) is 16.4 Å². The van der Waals surface area contributed by atoms with E-state index >= 15 is 0 Å². The molecule has 0 atom stereocenters. The maximum absolute atomic E-state index is 6.65. The van der Waals surface area contributed by atoms with E-state index in [9.17, 15) is 0 Å². The predicted octanol–water partition coefficient (Wildman–Crippen LogP) is 11.5. The molecule has 4 heteroatoms. The minimum atomic E-state index is 0.903. The quantitative estimate of drug-likeness (QED) is 0.195. The van der Waals surface area contributed by atoms with Crippen LogP contribution in [0.2, 0.25) is 0 Å². The summed E-state index contributed by atoms with van der Waals surface area (Å²) in [6.07, 6.45) is 0. The molecule has 0 radical (unpaired) electrons. The van der Waals surface area contributed by atoms with Crippen LogP contribution in [0.15, 0.2) is 130 Å². The zero-order chi connectivity index (χ0) is 26.4. The van der Waals surface area contributed by atoms with Crippen molar-refractivity contribution in [3.63, 3.8) is 0 Å². The Morgan fingerprint density at radius 2 is 1.32 bits per heavy atom. The molecule has 0 unspecified atom stereocenters. The lowest BCUT2D eigenvalue weighted by Gasteiger charge is -2.11. The van der Waals surface area contributed by atoms with Crippen LogP contribution >= 0.6 is 27.3 Å². The van der Waals surface area contributed by atoms with E-state index in [1.54, 1.807) is 0 Å². The molecule has 3 heterocycles. The second kappa shape index (κ2) is 8.31. The summed E-state index contributed by atoms with van der Waals surface area (Å²) < 4.78 is 12.8. The number of halogens is 1. The number of aromatic nitrogens is 1. The molecule has 0 bridgehead atoms. The standard InChI is InChI=1S/C36H20BrNOS/c37-22-15-13-21(14-16-22)28-20-29-24-7-1-4-10-30(24)38(35(29)34-27-9-2-5-11-31(27)39-36(28)34)23-17-18-26-25-8-3-6-12-32(25)40-33(26)19-23/h1-20H. The van der Waals surface area contributed by atoms with Gasteiger partial charge in [-0.2, -0.15) is 0 Å². The third kappa shape index (κ3) is 3.09. The molecular weight excluding hydrogens is 574 g/mol. The second-order valence-electron chi connectivity index (χ2n) is 10.3. The van der Waals surface area contributed by atoms with Crippen LogP contribution in [0, 0.1) is 0 Å². The molecule has 9 aromatic rings. The van der Waals surface area contributed by atoms with E-state index in [0.717, 1.165) is 43.2 Å². The van der Waals surface area contributed by atoms with E-state index < -0.39 is 0 Å². The number of rotatable bonds is 2. The van der Waals surface area contributed by atoms with Crippen LogP contribution in [0.5, 0.6) is 0 Å².